The number of carbonyl (C=O) groups is 3. The molecule has 5 nitrogen and oxygen atoms in total. The second kappa shape index (κ2) is 7.68. The van der Waals surface area contributed by atoms with E-state index in [2.05, 4.69) is 6.92 Å². The third-order valence-corrected chi connectivity index (χ3v) is 10.4. The summed E-state index contributed by atoms with van der Waals surface area (Å²) in [6, 6.07) is 0. The van der Waals surface area contributed by atoms with Gasteiger partial charge in [-0.1, -0.05) is 39.3 Å². The van der Waals surface area contributed by atoms with E-state index in [1.54, 1.807) is 19.1 Å². The molecule has 0 aromatic rings. The van der Waals surface area contributed by atoms with Gasteiger partial charge in [-0.25, -0.2) is 0 Å². The fourth-order valence-electron chi connectivity index (χ4n) is 7.65. The number of Topliss-reactive ketones (excluding diaryl/α,β-unsaturated/α-hetero) is 1. The highest BCUT2D eigenvalue weighted by molar-refractivity contribution is 6.29. The van der Waals surface area contributed by atoms with Crippen LogP contribution < -0.4 is 0 Å². The molecule has 1 N–H and O–H groups in total. The number of aliphatic hydroxyl groups is 1. The van der Waals surface area contributed by atoms with Crippen LogP contribution in [-0.2, 0) is 19.1 Å². The van der Waals surface area contributed by atoms with Crippen molar-refractivity contribution in [2.24, 2.45) is 28.6 Å². The molecule has 8 atom stereocenters. The van der Waals surface area contributed by atoms with Crippen LogP contribution in [-0.4, -0.2) is 45.1 Å². The number of aliphatic hydroxyl groups excluding tert-OH is 1. The SMILES string of the molecule is CCC(=O)O[C@]1(C(=O)CCl)CC[C@H]2[C@@H]3C[C@H](C)C4=CC(=O)C=C[C@]4(C)[C@@]3(Cl)[C@@H](O)C[C@@]21C. The largest absolute Gasteiger partial charge is 0.450 e. The summed E-state index contributed by atoms with van der Waals surface area (Å²) in [6.45, 7) is 7.75. The second-order valence-electron chi connectivity index (χ2n) is 10.5. The highest BCUT2D eigenvalue weighted by Gasteiger charge is 2.74. The molecule has 4 aliphatic rings. The molecular weight excluding hydrogens is 451 g/mol. The highest BCUT2D eigenvalue weighted by atomic mass is 35.5. The second-order valence-corrected chi connectivity index (χ2v) is 11.4. The maximum absolute atomic E-state index is 13.2. The van der Waals surface area contributed by atoms with Crippen LogP contribution in [0.25, 0.3) is 0 Å². The van der Waals surface area contributed by atoms with Gasteiger partial charge in [-0.3, -0.25) is 14.4 Å². The molecule has 0 aromatic heterocycles. The number of rotatable bonds is 4. The van der Waals surface area contributed by atoms with Crippen molar-refractivity contribution in [1.82, 2.24) is 0 Å². The number of ether oxygens (including phenoxy) is 1. The standard InChI is InChI=1S/C25H32Cl2O5/c1-5-21(31)32-24(20(30)13-26)9-7-16-18-10-14(2)17-11-15(28)6-8-22(17,3)25(18,27)19(29)12-23(16,24)4/h6,8,11,14,16,18-19,29H,5,7,9-10,12-13H2,1-4H3/t14-,16-,18-,19-,22-,23-,24-,25-/m0/s1. The van der Waals surface area contributed by atoms with Crippen LogP contribution in [0.2, 0.25) is 0 Å². The lowest BCUT2D eigenvalue weighted by molar-refractivity contribution is -0.195. The smallest absolute Gasteiger partial charge is 0.306 e. The molecular formula is C25H32Cl2O5. The lowest BCUT2D eigenvalue weighted by Gasteiger charge is -2.65. The lowest BCUT2D eigenvalue weighted by atomic mass is 9.44. The average molecular weight is 483 g/mol. The Morgan fingerprint density at radius 3 is 2.59 bits per heavy atom. The minimum Gasteiger partial charge on any atom is -0.450 e. The molecule has 0 heterocycles. The minimum absolute atomic E-state index is 0.0351. The molecule has 0 amide bonds. The van der Waals surface area contributed by atoms with Gasteiger partial charge in [0, 0.05) is 17.3 Å². The van der Waals surface area contributed by atoms with Gasteiger partial charge in [0.2, 0.25) is 0 Å². The topological polar surface area (TPSA) is 80.7 Å². The van der Waals surface area contributed by atoms with Crippen LogP contribution in [0.4, 0.5) is 0 Å². The average Bonchev–Trinajstić information content (AvgIpc) is 3.03. The van der Waals surface area contributed by atoms with Gasteiger partial charge in [-0.2, -0.15) is 0 Å². The third-order valence-electron chi connectivity index (χ3n) is 9.24. The molecule has 7 heteroatoms. The Morgan fingerprint density at radius 2 is 1.97 bits per heavy atom. The first-order valence-electron chi connectivity index (χ1n) is 11.5. The van der Waals surface area contributed by atoms with E-state index >= 15 is 0 Å². The lowest BCUT2D eigenvalue weighted by Crippen LogP contribution is -2.69. The summed E-state index contributed by atoms with van der Waals surface area (Å²) in [5, 5.41) is 11.6. The number of halogens is 2. The first kappa shape index (κ1) is 24.0. The van der Waals surface area contributed by atoms with E-state index in [-0.39, 0.29) is 48.0 Å². The summed E-state index contributed by atoms with van der Waals surface area (Å²) in [4.78, 5) is 36.7. The molecule has 4 rings (SSSR count). The molecule has 0 aromatic carbocycles. The summed E-state index contributed by atoms with van der Waals surface area (Å²) in [6.07, 6.45) is 6.21. The normalized spacial score (nSPS) is 47.2. The van der Waals surface area contributed by atoms with Gasteiger partial charge in [0.15, 0.2) is 17.2 Å². The zero-order valence-corrected chi connectivity index (χ0v) is 20.6. The number of ketones is 2. The monoisotopic (exact) mass is 482 g/mol. The number of alkyl halides is 2. The maximum atomic E-state index is 13.2. The van der Waals surface area contributed by atoms with E-state index < -0.39 is 33.4 Å². The number of allylic oxidation sites excluding steroid dienone is 4. The molecule has 3 fully saturated rings. The van der Waals surface area contributed by atoms with Crippen molar-refractivity contribution >= 4 is 40.7 Å². The highest BCUT2D eigenvalue weighted by Crippen LogP contribution is 2.71. The minimum atomic E-state index is -1.36. The van der Waals surface area contributed by atoms with E-state index in [1.165, 1.54) is 0 Å². The van der Waals surface area contributed by atoms with Crippen LogP contribution >= 0.6 is 23.2 Å². The maximum Gasteiger partial charge on any atom is 0.306 e. The van der Waals surface area contributed by atoms with Crippen molar-refractivity contribution in [2.75, 3.05) is 5.88 Å². The predicted molar refractivity (Wildman–Crippen MR) is 122 cm³/mol. The van der Waals surface area contributed by atoms with Crippen molar-refractivity contribution in [3.8, 4) is 0 Å². The van der Waals surface area contributed by atoms with E-state index in [4.69, 9.17) is 27.9 Å². The van der Waals surface area contributed by atoms with Crippen LogP contribution in [0.15, 0.2) is 23.8 Å². The van der Waals surface area contributed by atoms with Crippen LogP contribution in [0.1, 0.15) is 59.8 Å². The number of fused-ring (bicyclic) bond motifs is 5. The fraction of sp³-hybridized carbons (Fsp3) is 0.720. The molecule has 0 radical (unpaired) electrons. The van der Waals surface area contributed by atoms with E-state index in [1.807, 2.05) is 19.9 Å². The van der Waals surface area contributed by atoms with E-state index in [9.17, 15) is 19.5 Å². The van der Waals surface area contributed by atoms with Gasteiger partial charge in [-0.05, 0) is 55.6 Å². The molecule has 3 saturated carbocycles. The molecule has 4 aliphatic carbocycles. The van der Waals surface area contributed by atoms with Gasteiger partial charge in [0.05, 0.1) is 16.9 Å². The summed E-state index contributed by atoms with van der Waals surface area (Å²) >= 11 is 13.5. The van der Waals surface area contributed by atoms with Crippen LogP contribution in [0, 0.1) is 28.6 Å². The van der Waals surface area contributed by atoms with E-state index in [0.717, 1.165) is 5.57 Å². The van der Waals surface area contributed by atoms with Crippen molar-refractivity contribution in [1.29, 1.82) is 0 Å². The Hall–Kier alpha value is -1.17. The predicted octanol–water partition coefficient (Wildman–Crippen LogP) is 4.37. The van der Waals surface area contributed by atoms with Crippen LogP contribution in [0.5, 0.6) is 0 Å². The Labute approximate surface area is 199 Å². The third kappa shape index (κ3) is 2.83. The van der Waals surface area contributed by atoms with Crippen LogP contribution in [0.3, 0.4) is 0 Å². The Bertz CT molecular complexity index is 927. The summed E-state index contributed by atoms with van der Waals surface area (Å²) in [7, 11) is 0. The molecule has 176 valence electrons. The van der Waals surface area contributed by atoms with Crippen molar-refractivity contribution < 1.29 is 24.2 Å². The van der Waals surface area contributed by atoms with Gasteiger partial charge < -0.3 is 9.84 Å². The van der Waals surface area contributed by atoms with Gasteiger partial charge >= 0.3 is 5.97 Å². The molecule has 0 spiro atoms. The Morgan fingerprint density at radius 1 is 1.28 bits per heavy atom. The summed E-state index contributed by atoms with van der Waals surface area (Å²) in [5.74, 6) is -1.12. The number of esters is 1. The first-order chi connectivity index (χ1) is 14.9. The molecule has 32 heavy (non-hydrogen) atoms. The first-order valence-corrected chi connectivity index (χ1v) is 12.5. The molecule has 0 saturated heterocycles. The Balaban J connectivity index is 1.84. The van der Waals surface area contributed by atoms with E-state index in [0.29, 0.717) is 19.3 Å². The summed E-state index contributed by atoms with van der Waals surface area (Å²) in [5.41, 5.74) is -1.87. The number of carbonyl (C=O) groups excluding carboxylic acids is 3. The Kier molecular flexibility index (Phi) is 5.75. The van der Waals surface area contributed by atoms with Crippen molar-refractivity contribution in [3.05, 3.63) is 23.8 Å². The van der Waals surface area contributed by atoms with Gasteiger partial charge in [0.1, 0.15) is 0 Å². The number of hydrogen-bond acceptors (Lipinski definition) is 5. The molecule has 0 bridgehead atoms. The van der Waals surface area contributed by atoms with Crippen molar-refractivity contribution in [3.63, 3.8) is 0 Å². The quantitative estimate of drug-likeness (QED) is 0.475. The van der Waals surface area contributed by atoms with Crippen molar-refractivity contribution in [2.45, 2.75) is 76.4 Å². The zero-order valence-electron chi connectivity index (χ0n) is 19.1. The number of hydrogen-bond donors (Lipinski definition) is 1. The van der Waals surface area contributed by atoms with Gasteiger partial charge in [-0.15, -0.1) is 23.2 Å². The zero-order chi connectivity index (χ0) is 23.7. The molecule has 0 aliphatic heterocycles. The van der Waals surface area contributed by atoms with Gasteiger partial charge in [0.25, 0.3) is 0 Å². The fourth-order valence-corrected chi connectivity index (χ4v) is 8.35. The molecule has 0 unspecified atom stereocenters. The summed E-state index contributed by atoms with van der Waals surface area (Å²) < 4.78 is 5.91.